The van der Waals surface area contributed by atoms with Crippen LogP contribution < -0.4 is 10.1 Å². The number of aromatic nitrogens is 3. The standard InChI is InChI=1S/C14H20N4O/c1-4-9-15-11(2)12-7-5-6-8-13(12)19-14-16-10-18(3)17-14/h5-8,10-11,15H,4,9H2,1-3H3. The van der Waals surface area contributed by atoms with E-state index >= 15 is 0 Å². The van der Waals surface area contributed by atoms with Gasteiger partial charge in [0.05, 0.1) is 0 Å². The summed E-state index contributed by atoms with van der Waals surface area (Å²) in [6, 6.07) is 8.57. The van der Waals surface area contributed by atoms with E-state index < -0.39 is 0 Å². The van der Waals surface area contributed by atoms with Crippen molar-refractivity contribution in [1.29, 1.82) is 0 Å². The molecule has 19 heavy (non-hydrogen) atoms. The van der Waals surface area contributed by atoms with E-state index in [4.69, 9.17) is 4.74 Å². The van der Waals surface area contributed by atoms with Gasteiger partial charge < -0.3 is 10.1 Å². The third-order valence-electron chi connectivity index (χ3n) is 2.87. The van der Waals surface area contributed by atoms with Gasteiger partial charge in [-0.05, 0) is 26.0 Å². The van der Waals surface area contributed by atoms with Gasteiger partial charge in [0.15, 0.2) is 0 Å². The lowest BCUT2D eigenvalue weighted by Crippen LogP contribution is -2.19. The van der Waals surface area contributed by atoms with Crippen LogP contribution >= 0.6 is 0 Å². The number of rotatable bonds is 6. The first-order valence-corrected chi connectivity index (χ1v) is 6.56. The Morgan fingerprint density at radius 2 is 2.16 bits per heavy atom. The average molecular weight is 260 g/mol. The normalized spacial score (nSPS) is 12.4. The maximum absolute atomic E-state index is 5.75. The molecule has 0 aliphatic heterocycles. The summed E-state index contributed by atoms with van der Waals surface area (Å²) >= 11 is 0. The molecule has 0 bridgehead atoms. The minimum Gasteiger partial charge on any atom is -0.423 e. The second-order valence-electron chi connectivity index (χ2n) is 4.52. The molecule has 0 radical (unpaired) electrons. The second kappa shape index (κ2) is 6.33. The summed E-state index contributed by atoms with van der Waals surface area (Å²) in [7, 11) is 1.82. The number of hydrogen-bond donors (Lipinski definition) is 1. The van der Waals surface area contributed by atoms with Gasteiger partial charge in [-0.25, -0.2) is 0 Å². The van der Waals surface area contributed by atoms with Gasteiger partial charge in [0.25, 0.3) is 0 Å². The van der Waals surface area contributed by atoms with Crippen molar-refractivity contribution in [2.75, 3.05) is 6.54 Å². The van der Waals surface area contributed by atoms with Gasteiger partial charge in [0, 0.05) is 18.7 Å². The summed E-state index contributed by atoms with van der Waals surface area (Å²) in [6.45, 7) is 5.26. The van der Waals surface area contributed by atoms with Gasteiger partial charge in [0.2, 0.25) is 0 Å². The van der Waals surface area contributed by atoms with Crippen LogP contribution in [0.3, 0.4) is 0 Å². The molecule has 1 aromatic heterocycles. The van der Waals surface area contributed by atoms with Gasteiger partial charge in [0.1, 0.15) is 12.1 Å². The molecule has 0 fully saturated rings. The van der Waals surface area contributed by atoms with E-state index in [9.17, 15) is 0 Å². The van der Waals surface area contributed by atoms with Gasteiger partial charge in [-0.2, -0.15) is 4.98 Å². The molecule has 5 heteroatoms. The largest absolute Gasteiger partial charge is 0.423 e. The van der Waals surface area contributed by atoms with E-state index in [2.05, 4.69) is 35.3 Å². The number of nitrogens with zero attached hydrogens (tertiary/aromatic N) is 3. The number of benzene rings is 1. The highest BCUT2D eigenvalue weighted by Crippen LogP contribution is 2.27. The molecule has 0 spiro atoms. The van der Waals surface area contributed by atoms with Crippen LogP contribution in [0.2, 0.25) is 0 Å². The third-order valence-corrected chi connectivity index (χ3v) is 2.87. The predicted octanol–water partition coefficient (Wildman–Crippen LogP) is 2.67. The zero-order valence-electron chi connectivity index (χ0n) is 11.6. The summed E-state index contributed by atoms with van der Waals surface area (Å²) in [5, 5.41) is 7.59. The van der Waals surface area contributed by atoms with Crippen LogP contribution in [0.25, 0.3) is 0 Å². The SMILES string of the molecule is CCCNC(C)c1ccccc1Oc1ncn(C)n1. The quantitative estimate of drug-likeness (QED) is 0.867. The monoisotopic (exact) mass is 260 g/mol. The molecule has 1 aromatic carbocycles. The molecule has 5 nitrogen and oxygen atoms in total. The first kappa shape index (κ1) is 13.5. The van der Waals surface area contributed by atoms with Gasteiger partial charge >= 0.3 is 6.01 Å². The van der Waals surface area contributed by atoms with Crippen molar-refractivity contribution >= 4 is 0 Å². The number of ether oxygens (including phenoxy) is 1. The zero-order valence-corrected chi connectivity index (χ0v) is 11.6. The van der Waals surface area contributed by atoms with Crippen molar-refractivity contribution in [3.63, 3.8) is 0 Å². The van der Waals surface area contributed by atoms with Gasteiger partial charge in [-0.15, -0.1) is 5.10 Å². The summed E-state index contributed by atoms with van der Waals surface area (Å²) in [6.07, 6.45) is 2.73. The molecule has 1 unspecified atom stereocenters. The van der Waals surface area contributed by atoms with E-state index in [1.165, 1.54) is 0 Å². The van der Waals surface area contributed by atoms with E-state index in [1.54, 1.807) is 11.0 Å². The Bertz CT molecular complexity index is 524. The van der Waals surface area contributed by atoms with E-state index in [0.29, 0.717) is 6.01 Å². The maximum atomic E-state index is 5.75. The number of aryl methyl sites for hydroxylation is 1. The molecule has 2 rings (SSSR count). The summed E-state index contributed by atoms with van der Waals surface area (Å²) < 4.78 is 7.37. The van der Waals surface area contributed by atoms with Crippen molar-refractivity contribution in [3.05, 3.63) is 36.2 Å². The van der Waals surface area contributed by atoms with Gasteiger partial charge in [-0.1, -0.05) is 25.1 Å². The predicted molar refractivity (Wildman–Crippen MR) is 74.2 cm³/mol. The highest BCUT2D eigenvalue weighted by molar-refractivity contribution is 5.37. The molecule has 0 aliphatic rings. The Morgan fingerprint density at radius 1 is 1.37 bits per heavy atom. The summed E-state index contributed by atoms with van der Waals surface area (Å²) in [4.78, 5) is 4.08. The van der Waals surface area contributed by atoms with Crippen molar-refractivity contribution in [1.82, 2.24) is 20.1 Å². The number of hydrogen-bond acceptors (Lipinski definition) is 4. The highest BCUT2D eigenvalue weighted by atomic mass is 16.5. The minimum atomic E-state index is 0.236. The third kappa shape index (κ3) is 3.54. The molecular formula is C14H20N4O. The van der Waals surface area contributed by atoms with Crippen molar-refractivity contribution < 1.29 is 4.74 Å². The zero-order chi connectivity index (χ0) is 13.7. The molecule has 102 valence electrons. The molecule has 1 heterocycles. The van der Waals surface area contributed by atoms with Crippen LogP contribution in [0, 0.1) is 0 Å². The fourth-order valence-corrected chi connectivity index (χ4v) is 1.87. The Morgan fingerprint density at radius 3 is 2.84 bits per heavy atom. The van der Waals surface area contributed by atoms with Crippen LogP contribution in [-0.4, -0.2) is 21.3 Å². The van der Waals surface area contributed by atoms with Crippen molar-refractivity contribution in [2.24, 2.45) is 7.05 Å². The average Bonchev–Trinajstić information content (AvgIpc) is 2.82. The van der Waals surface area contributed by atoms with Crippen molar-refractivity contribution in [2.45, 2.75) is 26.3 Å². The van der Waals surface area contributed by atoms with Gasteiger partial charge in [-0.3, -0.25) is 4.68 Å². The number of nitrogens with one attached hydrogen (secondary N) is 1. The highest BCUT2D eigenvalue weighted by Gasteiger charge is 2.12. The molecule has 1 atom stereocenters. The molecule has 1 N–H and O–H groups in total. The molecule has 2 aromatic rings. The lowest BCUT2D eigenvalue weighted by molar-refractivity contribution is 0.424. The molecule has 0 aliphatic carbocycles. The Labute approximate surface area is 113 Å². The van der Waals surface area contributed by atoms with E-state index in [1.807, 2.05) is 25.2 Å². The lowest BCUT2D eigenvalue weighted by atomic mass is 10.1. The fraction of sp³-hybridized carbons (Fsp3) is 0.429. The first-order valence-electron chi connectivity index (χ1n) is 6.56. The number of para-hydroxylation sites is 1. The first-order chi connectivity index (χ1) is 9.20. The second-order valence-corrected chi connectivity index (χ2v) is 4.52. The molecule has 0 amide bonds. The van der Waals surface area contributed by atoms with Crippen LogP contribution in [0.5, 0.6) is 11.8 Å². The molecule has 0 saturated carbocycles. The van der Waals surface area contributed by atoms with Crippen LogP contribution in [0.15, 0.2) is 30.6 Å². The Balaban J connectivity index is 2.16. The minimum absolute atomic E-state index is 0.236. The maximum Gasteiger partial charge on any atom is 0.340 e. The van der Waals surface area contributed by atoms with Crippen LogP contribution in [-0.2, 0) is 7.05 Å². The molecular weight excluding hydrogens is 240 g/mol. The lowest BCUT2D eigenvalue weighted by Gasteiger charge is -2.16. The van der Waals surface area contributed by atoms with Crippen molar-refractivity contribution in [3.8, 4) is 11.8 Å². The topological polar surface area (TPSA) is 52.0 Å². The van der Waals surface area contributed by atoms with Crippen LogP contribution in [0.1, 0.15) is 31.9 Å². The Hall–Kier alpha value is -1.88. The van der Waals surface area contributed by atoms with E-state index in [0.717, 1.165) is 24.3 Å². The van der Waals surface area contributed by atoms with E-state index in [-0.39, 0.29) is 6.04 Å². The Kier molecular flexibility index (Phi) is 4.52. The summed E-state index contributed by atoms with van der Waals surface area (Å²) in [5.74, 6) is 0.796. The fourth-order valence-electron chi connectivity index (χ4n) is 1.87. The summed E-state index contributed by atoms with van der Waals surface area (Å²) in [5.41, 5.74) is 1.11. The smallest absolute Gasteiger partial charge is 0.340 e. The molecule has 0 saturated heterocycles. The van der Waals surface area contributed by atoms with Crippen LogP contribution in [0.4, 0.5) is 0 Å².